The predicted octanol–water partition coefficient (Wildman–Crippen LogP) is 0.204. The molecular weight excluding hydrogens is 308 g/mol. The molecule has 7 heteroatoms. The van der Waals surface area contributed by atoms with Gasteiger partial charge in [0.15, 0.2) is 0 Å². The third-order valence-electron chi connectivity index (χ3n) is 4.94. The smallest absolute Gasteiger partial charge is 0.253 e. The van der Waals surface area contributed by atoms with Gasteiger partial charge < -0.3 is 14.5 Å². The fourth-order valence-corrected chi connectivity index (χ4v) is 3.42. The largest absolute Gasteiger partial charge is 0.372 e. The van der Waals surface area contributed by atoms with Gasteiger partial charge in [-0.1, -0.05) is 0 Å². The summed E-state index contributed by atoms with van der Waals surface area (Å²) in [5, 5.41) is 0. The van der Waals surface area contributed by atoms with Gasteiger partial charge in [-0.25, -0.2) is 4.98 Å². The highest BCUT2D eigenvalue weighted by Crippen LogP contribution is 2.18. The molecule has 24 heavy (non-hydrogen) atoms. The molecule has 0 atom stereocenters. The number of likely N-dealkylation sites (tertiary alicyclic amines) is 1. The van der Waals surface area contributed by atoms with Crippen molar-refractivity contribution in [2.45, 2.75) is 25.8 Å². The number of aromatic nitrogens is 2. The minimum atomic E-state index is 0.0225. The van der Waals surface area contributed by atoms with E-state index in [4.69, 9.17) is 4.74 Å². The lowest BCUT2D eigenvalue weighted by Gasteiger charge is -2.33. The summed E-state index contributed by atoms with van der Waals surface area (Å²) in [6, 6.07) is 1.51. The molecule has 0 radical (unpaired) electrons. The number of carbonyl (C=O) groups is 1. The Balaban J connectivity index is 1.41. The van der Waals surface area contributed by atoms with Crippen LogP contribution in [0.5, 0.6) is 0 Å². The molecule has 2 fully saturated rings. The number of rotatable bonds is 5. The van der Waals surface area contributed by atoms with Crippen molar-refractivity contribution in [2.24, 2.45) is 5.92 Å². The molecular formula is C17H26N4O3. The van der Waals surface area contributed by atoms with Crippen LogP contribution in [0.3, 0.4) is 0 Å². The molecule has 2 aliphatic rings. The first-order valence-electron chi connectivity index (χ1n) is 8.81. The molecule has 0 aromatic carbocycles. The topological polar surface area (TPSA) is 67.7 Å². The highest BCUT2D eigenvalue weighted by molar-refractivity contribution is 5.77. The highest BCUT2D eigenvalue weighted by atomic mass is 16.5. The summed E-state index contributed by atoms with van der Waals surface area (Å²) >= 11 is 0. The van der Waals surface area contributed by atoms with Gasteiger partial charge in [0, 0.05) is 45.0 Å². The Labute approximate surface area is 142 Å². The molecule has 2 saturated heterocycles. The van der Waals surface area contributed by atoms with Crippen molar-refractivity contribution in [1.29, 1.82) is 0 Å². The third-order valence-corrected chi connectivity index (χ3v) is 4.94. The molecule has 0 aliphatic carbocycles. The number of amides is 1. The van der Waals surface area contributed by atoms with Gasteiger partial charge in [-0.15, -0.1) is 0 Å². The lowest BCUT2D eigenvalue weighted by Crippen LogP contribution is -2.43. The zero-order chi connectivity index (χ0) is 16.8. The van der Waals surface area contributed by atoms with Crippen molar-refractivity contribution in [1.82, 2.24) is 19.4 Å². The summed E-state index contributed by atoms with van der Waals surface area (Å²) < 4.78 is 6.98. The van der Waals surface area contributed by atoms with Crippen molar-refractivity contribution >= 4 is 5.91 Å². The van der Waals surface area contributed by atoms with Crippen LogP contribution in [-0.2, 0) is 16.1 Å². The lowest BCUT2D eigenvalue weighted by atomic mass is 9.96. The molecule has 0 saturated carbocycles. The SMILES string of the molecule is O=C1COCCCN1CCN1CCC(Cn2cnccc2=O)CC1. The standard InChI is InChI=1S/C17H26N4O3/c22-16-2-5-18-14-21(16)12-15-3-7-19(8-4-15)9-10-20-6-1-11-24-13-17(20)23/h2,5,14-15H,1,3-4,6-13H2. The second kappa shape index (κ2) is 8.39. The van der Waals surface area contributed by atoms with Crippen LogP contribution in [0, 0.1) is 5.92 Å². The first-order chi connectivity index (χ1) is 11.7. The zero-order valence-corrected chi connectivity index (χ0v) is 14.1. The third kappa shape index (κ3) is 4.64. The van der Waals surface area contributed by atoms with Crippen LogP contribution in [-0.4, -0.2) is 71.2 Å². The minimum Gasteiger partial charge on any atom is -0.372 e. The maximum absolute atomic E-state index is 11.9. The average Bonchev–Trinajstić information content (AvgIpc) is 2.81. The normalized spacial score (nSPS) is 21.0. The van der Waals surface area contributed by atoms with Gasteiger partial charge >= 0.3 is 0 Å². The Morgan fingerprint density at radius 1 is 1.17 bits per heavy atom. The van der Waals surface area contributed by atoms with Crippen LogP contribution in [0.2, 0.25) is 0 Å². The van der Waals surface area contributed by atoms with E-state index >= 15 is 0 Å². The van der Waals surface area contributed by atoms with Crippen molar-refractivity contribution in [3.8, 4) is 0 Å². The number of hydrogen-bond donors (Lipinski definition) is 0. The van der Waals surface area contributed by atoms with Gasteiger partial charge in [0.2, 0.25) is 5.91 Å². The summed E-state index contributed by atoms with van der Waals surface area (Å²) in [4.78, 5) is 32.0. The number of carbonyl (C=O) groups excluding carboxylic acids is 1. The summed E-state index contributed by atoms with van der Waals surface area (Å²) in [7, 11) is 0. The summed E-state index contributed by atoms with van der Waals surface area (Å²) in [5.41, 5.74) is 0.0225. The van der Waals surface area contributed by atoms with E-state index in [1.165, 1.54) is 12.3 Å². The Bertz CT molecular complexity index is 595. The lowest BCUT2D eigenvalue weighted by molar-refractivity contribution is -0.134. The van der Waals surface area contributed by atoms with E-state index in [1.54, 1.807) is 10.9 Å². The molecule has 3 heterocycles. The molecule has 1 aromatic rings. The molecule has 0 unspecified atom stereocenters. The molecule has 3 rings (SSSR count). The fraction of sp³-hybridized carbons (Fsp3) is 0.706. The Hall–Kier alpha value is -1.73. The van der Waals surface area contributed by atoms with Crippen molar-refractivity contribution in [3.05, 3.63) is 28.9 Å². The molecule has 1 amide bonds. The van der Waals surface area contributed by atoms with Crippen molar-refractivity contribution < 1.29 is 9.53 Å². The van der Waals surface area contributed by atoms with Gasteiger partial charge in [0.05, 0.1) is 6.33 Å². The van der Waals surface area contributed by atoms with Crippen LogP contribution in [0.15, 0.2) is 23.4 Å². The molecule has 7 nitrogen and oxygen atoms in total. The molecule has 0 N–H and O–H groups in total. The van der Waals surface area contributed by atoms with Crippen LogP contribution < -0.4 is 5.56 Å². The van der Waals surface area contributed by atoms with E-state index < -0.39 is 0 Å². The Kier molecular flexibility index (Phi) is 5.98. The van der Waals surface area contributed by atoms with E-state index in [9.17, 15) is 9.59 Å². The Morgan fingerprint density at radius 2 is 2.00 bits per heavy atom. The summed E-state index contributed by atoms with van der Waals surface area (Å²) in [5.74, 6) is 0.634. The fourth-order valence-electron chi connectivity index (χ4n) is 3.42. The van der Waals surface area contributed by atoms with Gasteiger partial charge in [0.1, 0.15) is 6.61 Å². The number of nitrogens with zero attached hydrogens (tertiary/aromatic N) is 4. The predicted molar refractivity (Wildman–Crippen MR) is 89.7 cm³/mol. The van der Waals surface area contributed by atoms with Crippen LogP contribution >= 0.6 is 0 Å². The van der Waals surface area contributed by atoms with Crippen LogP contribution in [0.1, 0.15) is 19.3 Å². The monoisotopic (exact) mass is 334 g/mol. The van der Waals surface area contributed by atoms with E-state index in [2.05, 4.69) is 9.88 Å². The number of piperidine rings is 1. The first-order valence-corrected chi connectivity index (χ1v) is 8.81. The van der Waals surface area contributed by atoms with E-state index in [0.717, 1.165) is 58.5 Å². The maximum Gasteiger partial charge on any atom is 0.253 e. The van der Waals surface area contributed by atoms with Gasteiger partial charge in [-0.05, 0) is 38.3 Å². The summed E-state index contributed by atoms with van der Waals surface area (Å²) in [6.07, 6.45) is 6.25. The first kappa shape index (κ1) is 17.1. The average molecular weight is 334 g/mol. The number of hydrogen-bond acceptors (Lipinski definition) is 5. The highest BCUT2D eigenvalue weighted by Gasteiger charge is 2.22. The van der Waals surface area contributed by atoms with Crippen molar-refractivity contribution in [2.75, 3.05) is 45.9 Å². The molecule has 0 bridgehead atoms. The van der Waals surface area contributed by atoms with Crippen LogP contribution in [0.4, 0.5) is 0 Å². The van der Waals surface area contributed by atoms with Crippen LogP contribution in [0.25, 0.3) is 0 Å². The second-order valence-electron chi connectivity index (χ2n) is 6.64. The van der Waals surface area contributed by atoms with E-state index in [-0.39, 0.29) is 18.1 Å². The minimum absolute atomic E-state index is 0.0225. The van der Waals surface area contributed by atoms with E-state index in [0.29, 0.717) is 12.5 Å². The van der Waals surface area contributed by atoms with Gasteiger partial charge in [-0.3, -0.25) is 14.2 Å². The van der Waals surface area contributed by atoms with Crippen molar-refractivity contribution in [3.63, 3.8) is 0 Å². The quantitative estimate of drug-likeness (QED) is 0.770. The molecule has 132 valence electrons. The molecule has 2 aliphatic heterocycles. The number of ether oxygens (including phenoxy) is 1. The second-order valence-corrected chi connectivity index (χ2v) is 6.64. The summed E-state index contributed by atoms with van der Waals surface area (Å²) in [6.45, 7) is 6.22. The van der Waals surface area contributed by atoms with Gasteiger partial charge in [0.25, 0.3) is 5.56 Å². The van der Waals surface area contributed by atoms with E-state index in [1.807, 2.05) is 4.90 Å². The molecule has 1 aromatic heterocycles. The Morgan fingerprint density at radius 3 is 2.79 bits per heavy atom. The zero-order valence-electron chi connectivity index (χ0n) is 14.1. The maximum atomic E-state index is 11.9. The van der Waals surface area contributed by atoms with Gasteiger partial charge in [-0.2, -0.15) is 0 Å². The molecule has 0 spiro atoms.